The number of ether oxygens (including phenoxy) is 2. The van der Waals surface area contributed by atoms with Crippen molar-refractivity contribution in [1.82, 2.24) is 0 Å². The minimum absolute atomic E-state index is 0.212. The molecule has 0 spiro atoms. The van der Waals surface area contributed by atoms with E-state index in [1.807, 2.05) is 98.8 Å². The molecule has 0 aliphatic heterocycles. The van der Waals surface area contributed by atoms with E-state index < -0.39 is 12.2 Å². The normalized spacial score (nSPS) is 12.5. The molecule has 44 heavy (non-hydrogen) atoms. The highest BCUT2D eigenvalue weighted by Crippen LogP contribution is 2.29. The summed E-state index contributed by atoms with van der Waals surface area (Å²) < 4.78 is 11.7. The van der Waals surface area contributed by atoms with Crippen LogP contribution in [0.2, 0.25) is 0 Å². The van der Waals surface area contributed by atoms with Crippen LogP contribution in [0.5, 0.6) is 11.5 Å². The number of amides is 2. The summed E-state index contributed by atoms with van der Waals surface area (Å²) in [4.78, 5) is 25.8. The molecule has 2 amide bonds. The predicted molar refractivity (Wildman–Crippen MR) is 180 cm³/mol. The third-order valence-corrected chi connectivity index (χ3v) is 7.76. The van der Waals surface area contributed by atoms with E-state index in [2.05, 4.69) is 38.3 Å². The first kappa shape index (κ1) is 32.3. The number of benzene rings is 4. The topological polar surface area (TPSA) is 76.7 Å². The molecule has 0 aromatic heterocycles. The van der Waals surface area contributed by atoms with Gasteiger partial charge in [0.1, 0.15) is 11.5 Å². The van der Waals surface area contributed by atoms with Gasteiger partial charge in [-0.2, -0.15) is 0 Å². The fourth-order valence-electron chi connectivity index (χ4n) is 4.81. The molecule has 0 fully saturated rings. The van der Waals surface area contributed by atoms with Crippen LogP contribution in [0, 0.1) is 13.8 Å². The average molecular weight is 593 g/mol. The van der Waals surface area contributed by atoms with Gasteiger partial charge < -0.3 is 20.1 Å². The number of hydrogen-bond acceptors (Lipinski definition) is 4. The lowest BCUT2D eigenvalue weighted by Crippen LogP contribution is -2.30. The monoisotopic (exact) mass is 592 g/mol. The molecule has 0 heterocycles. The number of nitrogens with one attached hydrogen (secondary N) is 2. The summed E-state index contributed by atoms with van der Waals surface area (Å²) in [7, 11) is 0. The molecule has 2 atom stereocenters. The number of hydrogen-bond donors (Lipinski definition) is 2. The molecule has 0 saturated heterocycles. The number of carbonyl (C=O) groups is 2. The molecule has 4 rings (SSSR count). The molecule has 4 aromatic rings. The van der Waals surface area contributed by atoms with Crippen LogP contribution in [0.1, 0.15) is 75.6 Å². The minimum Gasteiger partial charge on any atom is -0.481 e. The van der Waals surface area contributed by atoms with Gasteiger partial charge in [0.25, 0.3) is 11.8 Å². The molecular weight excluding hydrogens is 548 g/mol. The second-order valence-corrected chi connectivity index (χ2v) is 12.0. The Balaban J connectivity index is 1.35. The van der Waals surface area contributed by atoms with Gasteiger partial charge in [-0.25, -0.2) is 0 Å². The summed E-state index contributed by atoms with van der Waals surface area (Å²) in [5.41, 5.74) is 7.81. The highest BCUT2D eigenvalue weighted by Gasteiger charge is 2.18. The van der Waals surface area contributed by atoms with Crippen LogP contribution in [0.15, 0.2) is 84.9 Å². The summed E-state index contributed by atoms with van der Waals surface area (Å²) >= 11 is 0. The number of anilines is 2. The second-order valence-electron chi connectivity index (χ2n) is 12.0. The van der Waals surface area contributed by atoms with Gasteiger partial charge in [-0.1, -0.05) is 64.1 Å². The van der Waals surface area contributed by atoms with Gasteiger partial charge in [0.05, 0.1) is 0 Å². The van der Waals surface area contributed by atoms with Crippen molar-refractivity contribution in [3.05, 3.63) is 107 Å². The van der Waals surface area contributed by atoms with Gasteiger partial charge >= 0.3 is 0 Å². The van der Waals surface area contributed by atoms with E-state index in [0.717, 1.165) is 33.6 Å². The highest BCUT2D eigenvalue weighted by atomic mass is 16.5. The summed E-state index contributed by atoms with van der Waals surface area (Å²) in [6, 6.07) is 27.6. The molecule has 6 heteroatoms. The van der Waals surface area contributed by atoms with Crippen molar-refractivity contribution >= 4 is 23.2 Å². The molecular formula is C38H44N2O4. The first-order chi connectivity index (χ1) is 20.9. The molecule has 2 N–H and O–H groups in total. The van der Waals surface area contributed by atoms with Crippen LogP contribution in [-0.4, -0.2) is 24.0 Å². The Bertz CT molecular complexity index is 1470. The maximum atomic E-state index is 12.9. The first-order valence-corrected chi connectivity index (χ1v) is 15.3. The maximum absolute atomic E-state index is 12.9. The molecule has 6 nitrogen and oxygen atoms in total. The van der Waals surface area contributed by atoms with Crippen molar-refractivity contribution in [2.24, 2.45) is 0 Å². The Kier molecular flexibility index (Phi) is 10.5. The fourth-order valence-corrected chi connectivity index (χ4v) is 4.81. The maximum Gasteiger partial charge on any atom is 0.265 e. The lowest BCUT2D eigenvalue weighted by molar-refractivity contribution is -0.122. The van der Waals surface area contributed by atoms with Gasteiger partial charge in [-0.05, 0) is 121 Å². The largest absolute Gasteiger partial charge is 0.481 e. The zero-order valence-electron chi connectivity index (χ0n) is 27.0. The van der Waals surface area contributed by atoms with E-state index in [4.69, 9.17) is 9.47 Å². The van der Waals surface area contributed by atoms with E-state index in [1.165, 1.54) is 11.1 Å². The zero-order valence-corrected chi connectivity index (χ0v) is 27.0. The van der Waals surface area contributed by atoms with Crippen molar-refractivity contribution in [2.45, 2.75) is 79.4 Å². The van der Waals surface area contributed by atoms with Crippen LogP contribution in [0.3, 0.4) is 0 Å². The van der Waals surface area contributed by atoms with Gasteiger partial charge in [-0.3, -0.25) is 9.59 Å². The molecule has 0 saturated carbocycles. The quantitative estimate of drug-likeness (QED) is 0.182. The first-order valence-electron chi connectivity index (χ1n) is 15.3. The molecule has 2 unspecified atom stereocenters. The van der Waals surface area contributed by atoms with Crippen LogP contribution in [-0.2, 0) is 9.59 Å². The zero-order chi connectivity index (χ0) is 32.0. The van der Waals surface area contributed by atoms with Crippen LogP contribution in [0.25, 0.3) is 11.1 Å². The molecule has 0 aliphatic rings. The lowest BCUT2D eigenvalue weighted by Gasteiger charge is -2.18. The molecule has 230 valence electrons. The second kappa shape index (κ2) is 14.3. The summed E-state index contributed by atoms with van der Waals surface area (Å²) in [6.45, 7) is 16.0. The van der Waals surface area contributed by atoms with Crippen molar-refractivity contribution in [1.29, 1.82) is 0 Å². The standard InChI is InChI=1S/C38H44N2O4/c1-23(2)29-9-15-33(16-10-29)43-27(7)37(41)39-35-19-13-31(21-25(35)5)32-14-20-36(26(6)22-32)40-38(42)28(8)44-34-17-11-30(12-18-34)24(3)4/h9-24,27-28H,1-8H3,(H,39,41)(H,40,42). The molecule has 0 aliphatic carbocycles. The smallest absolute Gasteiger partial charge is 0.265 e. The van der Waals surface area contributed by atoms with Gasteiger partial charge in [0, 0.05) is 11.4 Å². The average Bonchev–Trinajstić information content (AvgIpc) is 2.99. The Morgan fingerprint density at radius 3 is 1.16 bits per heavy atom. The van der Waals surface area contributed by atoms with Crippen LogP contribution in [0.4, 0.5) is 11.4 Å². The molecule has 4 aromatic carbocycles. The SMILES string of the molecule is Cc1cc(-c2ccc(NC(=O)C(C)Oc3ccc(C(C)C)cc3)c(C)c2)ccc1NC(=O)C(C)Oc1ccc(C(C)C)cc1. The Hall–Kier alpha value is -4.58. The predicted octanol–water partition coefficient (Wildman–Crippen LogP) is 9.03. The van der Waals surface area contributed by atoms with E-state index in [-0.39, 0.29) is 11.8 Å². The Morgan fingerprint density at radius 1 is 0.523 bits per heavy atom. The van der Waals surface area contributed by atoms with Crippen molar-refractivity contribution in [2.75, 3.05) is 10.6 Å². The van der Waals surface area contributed by atoms with E-state index in [9.17, 15) is 9.59 Å². The lowest BCUT2D eigenvalue weighted by atomic mass is 9.99. The van der Waals surface area contributed by atoms with Crippen molar-refractivity contribution < 1.29 is 19.1 Å². The van der Waals surface area contributed by atoms with Gasteiger partial charge in [0.2, 0.25) is 0 Å². The number of rotatable bonds is 11. The Labute approximate surface area is 261 Å². The minimum atomic E-state index is -0.650. The van der Waals surface area contributed by atoms with Crippen LogP contribution < -0.4 is 20.1 Å². The Morgan fingerprint density at radius 2 is 0.864 bits per heavy atom. The van der Waals surface area contributed by atoms with E-state index in [1.54, 1.807) is 13.8 Å². The molecule has 0 bridgehead atoms. The summed E-state index contributed by atoms with van der Waals surface area (Å²) in [6.07, 6.45) is -1.30. The fraction of sp³-hybridized carbons (Fsp3) is 0.316. The highest BCUT2D eigenvalue weighted by molar-refractivity contribution is 5.96. The van der Waals surface area contributed by atoms with Crippen LogP contribution >= 0.6 is 0 Å². The van der Waals surface area contributed by atoms with Crippen molar-refractivity contribution in [3.8, 4) is 22.6 Å². The summed E-state index contributed by atoms with van der Waals surface area (Å²) in [5.74, 6) is 1.78. The van der Waals surface area contributed by atoms with E-state index >= 15 is 0 Å². The van der Waals surface area contributed by atoms with Gasteiger partial charge in [-0.15, -0.1) is 0 Å². The van der Waals surface area contributed by atoms with Gasteiger partial charge in [0.15, 0.2) is 12.2 Å². The number of aryl methyl sites for hydroxylation is 2. The third kappa shape index (κ3) is 8.28. The molecule has 0 radical (unpaired) electrons. The van der Waals surface area contributed by atoms with Crippen molar-refractivity contribution in [3.63, 3.8) is 0 Å². The van der Waals surface area contributed by atoms with E-state index in [0.29, 0.717) is 23.3 Å². The summed E-state index contributed by atoms with van der Waals surface area (Å²) in [5, 5.41) is 5.99. The third-order valence-electron chi connectivity index (χ3n) is 7.76. The number of carbonyl (C=O) groups excluding carboxylic acids is 2.